The van der Waals surface area contributed by atoms with Crippen molar-refractivity contribution in [1.29, 1.82) is 0 Å². The number of nitrogens with one attached hydrogen (secondary N) is 1. The van der Waals surface area contributed by atoms with E-state index in [2.05, 4.69) is 9.71 Å². The van der Waals surface area contributed by atoms with Gasteiger partial charge in [-0.05, 0) is 56.7 Å². The summed E-state index contributed by atoms with van der Waals surface area (Å²) in [5.74, 6) is 1.24. The summed E-state index contributed by atoms with van der Waals surface area (Å²) in [6, 6.07) is 9.10. The number of carbonyl (C=O) groups is 1. The van der Waals surface area contributed by atoms with E-state index in [0.29, 0.717) is 60.8 Å². The van der Waals surface area contributed by atoms with Gasteiger partial charge in [-0.15, -0.1) is 0 Å². The molecule has 2 saturated heterocycles. The van der Waals surface area contributed by atoms with E-state index in [1.165, 1.54) is 4.31 Å². The average Bonchev–Trinajstić information content (AvgIpc) is 3.20. The van der Waals surface area contributed by atoms with E-state index < -0.39 is 16.3 Å². The SMILES string of the molecule is COC1CN(C(=O)c2cc(C)ccc2C)CC1Oc1cc(NS(=O)(=O)N2CC3CC3C2)cc(C)n1. The predicted molar refractivity (Wildman–Crippen MR) is 132 cm³/mol. The first kappa shape index (κ1) is 24.0. The Morgan fingerprint density at radius 2 is 1.74 bits per heavy atom. The number of anilines is 1. The number of rotatable bonds is 7. The Hall–Kier alpha value is -2.69. The number of amides is 1. The molecule has 188 valence electrons. The zero-order valence-electron chi connectivity index (χ0n) is 20.5. The maximum Gasteiger partial charge on any atom is 0.301 e. The fraction of sp³-hybridized carbons (Fsp3) is 0.520. The monoisotopic (exact) mass is 500 g/mol. The third-order valence-corrected chi connectivity index (χ3v) is 8.63. The van der Waals surface area contributed by atoms with Crippen molar-refractivity contribution >= 4 is 21.8 Å². The van der Waals surface area contributed by atoms with E-state index >= 15 is 0 Å². The number of hydrogen-bond donors (Lipinski definition) is 1. The molecule has 1 aliphatic carbocycles. The average molecular weight is 501 g/mol. The number of aromatic nitrogens is 1. The Bertz CT molecular complexity index is 1240. The smallest absolute Gasteiger partial charge is 0.301 e. The number of piperidine rings is 1. The van der Waals surface area contributed by atoms with Gasteiger partial charge in [0.2, 0.25) is 5.88 Å². The Morgan fingerprint density at radius 1 is 1.03 bits per heavy atom. The molecule has 0 spiro atoms. The van der Waals surface area contributed by atoms with Gasteiger partial charge in [0, 0.05) is 37.5 Å². The molecule has 1 saturated carbocycles. The van der Waals surface area contributed by atoms with E-state index in [1.54, 1.807) is 31.1 Å². The number of hydrogen-bond acceptors (Lipinski definition) is 6. The first-order valence-corrected chi connectivity index (χ1v) is 13.4. The minimum Gasteiger partial charge on any atom is -0.470 e. The number of aryl methyl sites for hydroxylation is 3. The van der Waals surface area contributed by atoms with Crippen molar-refractivity contribution in [1.82, 2.24) is 14.2 Å². The summed E-state index contributed by atoms with van der Waals surface area (Å²) in [7, 11) is -2.03. The van der Waals surface area contributed by atoms with Crippen molar-refractivity contribution in [2.45, 2.75) is 39.4 Å². The molecule has 3 heterocycles. The van der Waals surface area contributed by atoms with Crippen LogP contribution in [0.1, 0.15) is 33.6 Å². The highest BCUT2D eigenvalue weighted by atomic mass is 32.2. The summed E-state index contributed by atoms with van der Waals surface area (Å²) in [5, 5.41) is 0. The predicted octanol–water partition coefficient (Wildman–Crippen LogP) is 2.53. The first-order valence-electron chi connectivity index (χ1n) is 12.0. The lowest BCUT2D eigenvalue weighted by Crippen LogP contribution is -2.35. The molecule has 3 fully saturated rings. The van der Waals surface area contributed by atoms with Gasteiger partial charge in [-0.3, -0.25) is 9.52 Å². The summed E-state index contributed by atoms with van der Waals surface area (Å²) >= 11 is 0. The van der Waals surface area contributed by atoms with Crippen molar-refractivity contribution < 1.29 is 22.7 Å². The van der Waals surface area contributed by atoms with Gasteiger partial charge < -0.3 is 14.4 Å². The summed E-state index contributed by atoms with van der Waals surface area (Å²) in [5.41, 5.74) is 3.65. The standard InChI is InChI=1S/C25H32N4O5S/c1-15-5-6-16(2)21(7-15)25(30)28-13-22(33-4)23(14-28)34-24-10-20(8-17(3)26-24)27-35(31,32)29-11-18-9-19(18)12-29/h5-8,10,18-19,22-23H,9,11-14H2,1-4H3,(H,26,27). The van der Waals surface area contributed by atoms with Gasteiger partial charge >= 0.3 is 10.2 Å². The number of likely N-dealkylation sites (tertiary alicyclic amines) is 1. The quantitative estimate of drug-likeness (QED) is 0.627. The summed E-state index contributed by atoms with van der Waals surface area (Å²) in [6.07, 6.45) is 0.366. The first-order chi connectivity index (χ1) is 16.6. The Labute approximate surface area is 206 Å². The lowest BCUT2D eigenvalue weighted by Gasteiger charge is -2.21. The van der Waals surface area contributed by atoms with Crippen LogP contribution < -0.4 is 9.46 Å². The molecule has 10 heteroatoms. The fourth-order valence-electron chi connectivity index (χ4n) is 5.06. The zero-order valence-corrected chi connectivity index (χ0v) is 21.3. The molecule has 1 N–H and O–H groups in total. The van der Waals surface area contributed by atoms with Crippen LogP contribution in [0.2, 0.25) is 0 Å². The molecule has 35 heavy (non-hydrogen) atoms. The second-order valence-corrected chi connectivity index (χ2v) is 11.6. The van der Waals surface area contributed by atoms with Crippen molar-refractivity contribution in [3.05, 3.63) is 52.7 Å². The van der Waals surface area contributed by atoms with Crippen LogP contribution in [0, 0.1) is 32.6 Å². The lowest BCUT2D eigenvalue weighted by atomic mass is 10.0. The molecule has 4 unspecified atom stereocenters. The number of benzene rings is 1. The van der Waals surface area contributed by atoms with Gasteiger partial charge in [-0.1, -0.05) is 17.7 Å². The molecule has 4 atom stereocenters. The van der Waals surface area contributed by atoms with Gasteiger partial charge in [0.15, 0.2) is 0 Å². The highest BCUT2D eigenvalue weighted by Crippen LogP contribution is 2.45. The van der Waals surface area contributed by atoms with Crippen molar-refractivity contribution in [3.63, 3.8) is 0 Å². The number of pyridine rings is 1. The third-order valence-electron chi connectivity index (χ3n) is 7.16. The molecule has 1 aromatic carbocycles. The van der Waals surface area contributed by atoms with E-state index in [-0.39, 0.29) is 12.0 Å². The molecule has 1 aromatic heterocycles. The Morgan fingerprint density at radius 3 is 2.46 bits per heavy atom. The van der Waals surface area contributed by atoms with Gasteiger partial charge in [0.1, 0.15) is 12.2 Å². The van der Waals surface area contributed by atoms with Crippen LogP contribution in [-0.4, -0.2) is 74.0 Å². The Balaban J connectivity index is 1.29. The topological polar surface area (TPSA) is 101 Å². The molecule has 2 aliphatic heterocycles. The van der Waals surface area contributed by atoms with Gasteiger partial charge in [0.05, 0.1) is 18.8 Å². The third kappa shape index (κ3) is 5.00. The normalized spacial score (nSPS) is 26.0. The van der Waals surface area contributed by atoms with E-state index in [1.807, 2.05) is 32.0 Å². The zero-order chi connectivity index (χ0) is 24.9. The molecule has 0 bridgehead atoms. The molecule has 5 rings (SSSR count). The van der Waals surface area contributed by atoms with Crippen LogP contribution in [-0.2, 0) is 14.9 Å². The molecule has 9 nitrogen and oxygen atoms in total. The van der Waals surface area contributed by atoms with Gasteiger partial charge in [-0.25, -0.2) is 4.98 Å². The van der Waals surface area contributed by atoms with Crippen LogP contribution in [0.15, 0.2) is 30.3 Å². The number of nitrogens with zero attached hydrogens (tertiary/aromatic N) is 3. The van der Waals surface area contributed by atoms with Gasteiger partial charge in [-0.2, -0.15) is 12.7 Å². The molecule has 0 radical (unpaired) electrons. The second kappa shape index (κ2) is 9.07. The molecule has 3 aliphatic rings. The number of fused-ring (bicyclic) bond motifs is 1. The largest absolute Gasteiger partial charge is 0.470 e. The van der Waals surface area contributed by atoms with Crippen molar-refractivity contribution in [3.8, 4) is 5.88 Å². The van der Waals surface area contributed by atoms with Crippen LogP contribution in [0.3, 0.4) is 0 Å². The maximum absolute atomic E-state index is 13.2. The lowest BCUT2D eigenvalue weighted by molar-refractivity contribution is 0.0319. The van der Waals surface area contributed by atoms with E-state index in [4.69, 9.17) is 9.47 Å². The molecule has 1 amide bonds. The fourth-order valence-corrected chi connectivity index (χ4v) is 6.38. The number of carbonyl (C=O) groups excluding carboxylic acids is 1. The maximum atomic E-state index is 13.2. The van der Waals surface area contributed by atoms with Crippen molar-refractivity contribution in [2.24, 2.45) is 11.8 Å². The highest BCUT2D eigenvalue weighted by Gasteiger charge is 2.48. The van der Waals surface area contributed by atoms with Crippen LogP contribution in [0.25, 0.3) is 0 Å². The number of ether oxygens (including phenoxy) is 2. The van der Waals surface area contributed by atoms with Gasteiger partial charge in [0.25, 0.3) is 5.91 Å². The summed E-state index contributed by atoms with van der Waals surface area (Å²) in [4.78, 5) is 19.4. The molecular formula is C25H32N4O5S. The second-order valence-electron chi connectivity index (χ2n) is 9.97. The van der Waals surface area contributed by atoms with E-state index in [0.717, 1.165) is 17.5 Å². The Kier molecular flexibility index (Phi) is 6.23. The van der Waals surface area contributed by atoms with Crippen LogP contribution in [0.5, 0.6) is 5.88 Å². The number of methoxy groups -OCH3 is 1. The van der Waals surface area contributed by atoms with Crippen LogP contribution in [0.4, 0.5) is 5.69 Å². The summed E-state index contributed by atoms with van der Waals surface area (Å²) < 4.78 is 41.6. The molecular weight excluding hydrogens is 468 g/mol. The summed E-state index contributed by atoms with van der Waals surface area (Å²) in [6.45, 7) is 7.58. The minimum atomic E-state index is -3.63. The molecule has 2 aromatic rings. The van der Waals surface area contributed by atoms with Crippen molar-refractivity contribution in [2.75, 3.05) is 38.0 Å². The minimum absolute atomic E-state index is 0.0614. The van der Waals surface area contributed by atoms with Crippen LogP contribution >= 0.6 is 0 Å². The highest BCUT2D eigenvalue weighted by molar-refractivity contribution is 7.90. The van der Waals surface area contributed by atoms with E-state index in [9.17, 15) is 13.2 Å².